The topological polar surface area (TPSA) is 86.3 Å². The van der Waals surface area contributed by atoms with Crippen molar-refractivity contribution in [2.45, 2.75) is 0 Å². The molecule has 6 rings (SSSR count). The number of nitrogens with zero attached hydrogens (tertiary/aromatic N) is 4. The first-order chi connectivity index (χ1) is 18.0. The van der Waals surface area contributed by atoms with Gasteiger partial charge in [0.1, 0.15) is 35.0 Å². The van der Waals surface area contributed by atoms with Crippen molar-refractivity contribution in [2.75, 3.05) is 18.8 Å². The maximum atomic E-state index is 11.9. The third-order valence-corrected chi connectivity index (χ3v) is 7.54. The van der Waals surface area contributed by atoms with Crippen molar-refractivity contribution in [3.8, 4) is 34.5 Å². The minimum absolute atomic E-state index is 0.0155. The van der Waals surface area contributed by atoms with Crippen LogP contribution in [0, 0.1) is 29.6 Å². The van der Waals surface area contributed by atoms with E-state index in [1.165, 1.54) is 12.4 Å². The van der Waals surface area contributed by atoms with Crippen LogP contribution in [-0.4, -0.2) is 38.4 Å². The second kappa shape index (κ2) is 8.99. The summed E-state index contributed by atoms with van der Waals surface area (Å²) in [5.74, 6) is 9.61. The van der Waals surface area contributed by atoms with Gasteiger partial charge >= 0.3 is 0 Å². The molecule has 2 N–H and O–H groups in total. The van der Waals surface area contributed by atoms with Gasteiger partial charge in [0.2, 0.25) is 5.91 Å². The Labute approximate surface area is 219 Å². The number of hydrogen-bond acceptors (Lipinski definition) is 5. The van der Waals surface area contributed by atoms with Crippen LogP contribution in [0.5, 0.6) is 11.5 Å². The Morgan fingerprint density at radius 1 is 1.16 bits per heavy atom. The number of aryl methyl sites for hydroxylation is 1. The monoisotopic (exact) mass is 509 g/mol. The Hall–Kier alpha value is -4.28. The zero-order valence-corrected chi connectivity index (χ0v) is 20.9. The maximum Gasteiger partial charge on any atom is 0.245 e. The Balaban J connectivity index is 1.37. The van der Waals surface area contributed by atoms with E-state index >= 15 is 0 Å². The van der Waals surface area contributed by atoms with Gasteiger partial charge in [-0.2, -0.15) is 0 Å². The number of aromatic nitrogens is 3. The SMILES string of the molecule is C=CC(=O)N1C[C@@H]2C(C#Cc3c(-c4ccc(Oc5ccccc5)cc4Cl)c4c(N)ncnc4n3C)[C@@H]2C1. The first-order valence-corrected chi connectivity index (χ1v) is 12.4. The summed E-state index contributed by atoms with van der Waals surface area (Å²) in [6.45, 7) is 5.04. The third kappa shape index (κ3) is 4.00. The molecule has 0 bridgehead atoms. The van der Waals surface area contributed by atoms with E-state index in [2.05, 4.69) is 28.4 Å². The molecule has 8 heteroatoms. The highest BCUT2D eigenvalue weighted by Crippen LogP contribution is 2.51. The first-order valence-electron chi connectivity index (χ1n) is 12.0. The molecule has 3 heterocycles. The molecular weight excluding hydrogens is 486 g/mol. The zero-order chi connectivity index (χ0) is 25.7. The smallest absolute Gasteiger partial charge is 0.245 e. The Kier molecular flexibility index (Phi) is 5.62. The average molecular weight is 510 g/mol. The molecule has 0 spiro atoms. The molecule has 4 aromatic rings. The second-order valence-electron chi connectivity index (χ2n) is 9.37. The van der Waals surface area contributed by atoms with Crippen LogP contribution in [-0.2, 0) is 11.8 Å². The van der Waals surface area contributed by atoms with Crippen LogP contribution in [0.15, 0.2) is 67.5 Å². The lowest BCUT2D eigenvalue weighted by molar-refractivity contribution is -0.125. The normalized spacial score (nSPS) is 19.7. The molecule has 2 aromatic carbocycles. The van der Waals surface area contributed by atoms with Crippen molar-refractivity contribution < 1.29 is 9.53 Å². The molecule has 2 aromatic heterocycles. The second-order valence-corrected chi connectivity index (χ2v) is 9.77. The number of amides is 1. The van der Waals surface area contributed by atoms with E-state index in [9.17, 15) is 4.79 Å². The predicted molar refractivity (Wildman–Crippen MR) is 144 cm³/mol. The minimum Gasteiger partial charge on any atom is -0.457 e. The standard InChI is InChI=1S/C29H24ClN5O2/c1-3-25(36)35-14-21-19(22(21)15-35)11-12-24-26(27-28(31)32-16-33-29(27)34(24)2)20-10-9-18(13-23(20)30)37-17-7-5-4-6-8-17/h3-10,13,16,19,21-22H,1,14-15H2,2H3,(H2,31,32,33)/t19?,21-,22+. The fourth-order valence-corrected chi connectivity index (χ4v) is 5.54. The summed E-state index contributed by atoms with van der Waals surface area (Å²) >= 11 is 6.81. The third-order valence-electron chi connectivity index (χ3n) is 7.22. The summed E-state index contributed by atoms with van der Waals surface area (Å²) in [5, 5.41) is 1.22. The number of rotatable bonds is 4. The lowest BCUT2D eigenvalue weighted by Gasteiger charge is -2.16. The van der Waals surface area contributed by atoms with E-state index in [0.717, 1.165) is 35.7 Å². The predicted octanol–water partition coefficient (Wildman–Crippen LogP) is 4.91. The Morgan fingerprint density at radius 3 is 2.62 bits per heavy atom. The fraction of sp³-hybridized carbons (Fsp3) is 0.207. The molecule has 3 atom stereocenters. The van der Waals surface area contributed by atoms with Gasteiger partial charge < -0.3 is 19.9 Å². The van der Waals surface area contributed by atoms with Crippen LogP contribution in [0.4, 0.5) is 5.82 Å². The van der Waals surface area contributed by atoms with Gasteiger partial charge in [-0.05, 0) is 48.1 Å². The number of ether oxygens (including phenoxy) is 1. The van der Waals surface area contributed by atoms with Crippen molar-refractivity contribution in [3.63, 3.8) is 0 Å². The molecule has 2 aliphatic rings. The largest absolute Gasteiger partial charge is 0.457 e. The van der Waals surface area contributed by atoms with Gasteiger partial charge in [-0.25, -0.2) is 9.97 Å². The van der Waals surface area contributed by atoms with E-state index in [4.69, 9.17) is 22.1 Å². The molecule has 37 heavy (non-hydrogen) atoms. The van der Waals surface area contributed by atoms with E-state index in [1.54, 1.807) is 6.07 Å². The molecule has 1 amide bonds. The summed E-state index contributed by atoms with van der Waals surface area (Å²) < 4.78 is 7.90. The highest BCUT2D eigenvalue weighted by molar-refractivity contribution is 6.34. The van der Waals surface area contributed by atoms with E-state index in [-0.39, 0.29) is 11.8 Å². The Morgan fingerprint density at radius 2 is 1.92 bits per heavy atom. The number of benzene rings is 2. The van der Waals surface area contributed by atoms with Crippen LogP contribution in [0.25, 0.3) is 22.2 Å². The summed E-state index contributed by atoms with van der Waals surface area (Å²) in [7, 11) is 1.92. The van der Waals surface area contributed by atoms with Gasteiger partial charge in [0.05, 0.1) is 10.4 Å². The quantitative estimate of drug-likeness (QED) is 0.312. The molecule has 7 nitrogen and oxygen atoms in total. The van der Waals surface area contributed by atoms with Crippen LogP contribution in [0.3, 0.4) is 0 Å². The van der Waals surface area contributed by atoms with Gasteiger partial charge in [0, 0.05) is 43.2 Å². The molecule has 1 unspecified atom stereocenters. The van der Waals surface area contributed by atoms with Crippen molar-refractivity contribution in [1.29, 1.82) is 0 Å². The summed E-state index contributed by atoms with van der Waals surface area (Å²) in [6.07, 6.45) is 2.83. The number of para-hydroxylation sites is 1. The number of carbonyl (C=O) groups excluding carboxylic acids is 1. The molecule has 0 radical (unpaired) electrons. The number of piperidine rings is 1. The zero-order valence-electron chi connectivity index (χ0n) is 20.2. The van der Waals surface area contributed by atoms with Crippen molar-refractivity contribution in [1.82, 2.24) is 19.4 Å². The summed E-state index contributed by atoms with van der Waals surface area (Å²) in [5.41, 5.74) is 9.36. The number of likely N-dealkylation sites (tertiary alicyclic amines) is 1. The average Bonchev–Trinajstić information content (AvgIpc) is 3.21. The van der Waals surface area contributed by atoms with E-state index in [1.807, 2.05) is 59.0 Å². The van der Waals surface area contributed by atoms with Gasteiger partial charge in [-0.1, -0.05) is 42.3 Å². The number of nitrogen functional groups attached to an aromatic ring is 1. The molecule has 1 saturated carbocycles. The van der Waals surface area contributed by atoms with Crippen molar-refractivity contribution in [2.24, 2.45) is 24.8 Å². The molecule has 1 aliphatic heterocycles. The van der Waals surface area contributed by atoms with Gasteiger partial charge in [-0.3, -0.25) is 4.79 Å². The van der Waals surface area contributed by atoms with E-state index in [0.29, 0.717) is 39.5 Å². The molecule has 1 aliphatic carbocycles. The maximum absolute atomic E-state index is 11.9. The number of anilines is 1. The number of nitrogens with two attached hydrogens (primary N) is 1. The van der Waals surface area contributed by atoms with Gasteiger partial charge in [0.15, 0.2) is 0 Å². The minimum atomic E-state index is -0.0155. The van der Waals surface area contributed by atoms with Gasteiger partial charge in [-0.15, -0.1) is 0 Å². The van der Waals surface area contributed by atoms with E-state index < -0.39 is 0 Å². The van der Waals surface area contributed by atoms with Crippen LogP contribution in [0.1, 0.15) is 5.69 Å². The van der Waals surface area contributed by atoms with Crippen LogP contribution < -0.4 is 10.5 Å². The van der Waals surface area contributed by atoms with Gasteiger partial charge in [0.25, 0.3) is 0 Å². The molecule has 1 saturated heterocycles. The number of carbonyl (C=O) groups is 1. The highest BCUT2D eigenvalue weighted by atomic mass is 35.5. The fourth-order valence-electron chi connectivity index (χ4n) is 5.27. The molecule has 2 fully saturated rings. The van der Waals surface area contributed by atoms with Crippen molar-refractivity contribution in [3.05, 3.63) is 78.2 Å². The summed E-state index contributed by atoms with van der Waals surface area (Å²) in [6, 6.07) is 15.1. The molecule has 184 valence electrons. The lowest BCUT2D eigenvalue weighted by atomic mass is 10.0. The van der Waals surface area contributed by atoms with Crippen LogP contribution >= 0.6 is 11.6 Å². The van der Waals surface area contributed by atoms with Crippen LogP contribution in [0.2, 0.25) is 5.02 Å². The molecular formula is C29H24ClN5O2. The van der Waals surface area contributed by atoms with Crippen molar-refractivity contribution >= 4 is 34.4 Å². The number of hydrogen-bond donors (Lipinski definition) is 1. The lowest BCUT2D eigenvalue weighted by Crippen LogP contribution is -2.29. The number of halogens is 1. The highest BCUT2D eigenvalue weighted by Gasteiger charge is 2.55. The Bertz CT molecular complexity index is 1610. The number of fused-ring (bicyclic) bond motifs is 2. The summed E-state index contributed by atoms with van der Waals surface area (Å²) in [4.78, 5) is 22.5. The first kappa shape index (κ1) is 23.1.